The van der Waals surface area contributed by atoms with Crippen LogP contribution in [0.5, 0.6) is 0 Å². The predicted molar refractivity (Wildman–Crippen MR) is 64.7 cm³/mol. The highest BCUT2D eigenvalue weighted by Gasteiger charge is 2.06. The van der Waals surface area contributed by atoms with Crippen molar-refractivity contribution in [2.75, 3.05) is 0 Å². The lowest BCUT2D eigenvalue weighted by Crippen LogP contribution is -2.06. The number of rotatable bonds is 2. The van der Waals surface area contributed by atoms with Gasteiger partial charge < -0.3 is 9.67 Å². The van der Waals surface area contributed by atoms with Crippen molar-refractivity contribution in [2.45, 2.75) is 6.54 Å². The van der Waals surface area contributed by atoms with Crippen LogP contribution in [0.4, 0.5) is 0 Å². The molecule has 0 aliphatic rings. The molecule has 1 aromatic carbocycles. The largest absolute Gasteiger partial charge is 0.477 e. The molecular weight excluding hydrogens is 214 g/mol. The Kier molecular flexibility index (Phi) is 3.27. The van der Waals surface area contributed by atoms with Gasteiger partial charge in [0.25, 0.3) is 0 Å². The van der Waals surface area contributed by atoms with Crippen molar-refractivity contribution >= 4 is 5.97 Å². The monoisotopic (exact) mass is 225 g/mol. The smallest absolute Gasteiger partial charge is 0.352 e. The number of benzene rings is 1. The number of carboxylic acid groups (broad SMARTS) is 1. The van der Waals surface area contributed by atoms with Crippen LogP contribution in [-0.4, -0.2) is 15.6 Å². The van der Waals surface area contributed by atoms with Gasteiger partial charge in [-0.3, -0.25) is 0 Å². The number of hydrogen-bond acceptors (Lipinski definition) is 1. The fraction of sp³-hybridized carbons (Fsp3) is 0.0714. The van der Waals surface area contributed by atoms with Crippen LogP contribution >= 0.6 is 0 Å². The zero-order chi connectivity index (χ0) is 12.1. The van der Waals surface area contributed by atoms with Gasteiger partial charge in [0.15, 0.2) is 0 Å². The summed E-state index contributed by atoms with van der Waals surface area (Å²) in [6.07, 6.45) is 1.71. The normalized spacial score (nSPS) is 9.41. The second-order valence-electron chi connectivity index (χ2n) is 3.49. The highest BCUT2D eigenvalue weighted by Crippen LogP contribution is 2.01. The number of carbonyl (C=O) groups is 1. The fourth-order valence-electron chi connectivity index (χ4n) is 1.49. The van der Waals surface area contributed by atoms with E-state index < -0.39 is 5.97 Å². The zero-order valence-corrected chi connectivity index (χ0v) is 9.13. The summed E-state index contributed by atoms with van der Waals surface area (Å²) in [5.74, 6) is 5.00. The molecule has 0 saturated carbocycles. The minimum atomic E-state index is -0.934. The highest BCUT2D eigenvalue weighted by molar-refractivity contribution is 5.85. The molecule has 0 bridgehead atoms. The van der Waals surface area contributed by atoms with Crippen molar-refractivity contribution in [1.29, 1.82) is 0 Å². The molecule has 1 heterocycles. The first-order valence-corrected chi connectivity index (χ1v) is 5.20. The number of carboxylic acids is 1. The molecule has 3 nitrogen and oxygen atoms in total. The molecule has 2 rings (SSSR count). The van der Waals surface area contributed by atoms with Crippen LogP contribution in [0.15, 0.2) is 48.7 Å². The van der Waals surface area contributed by atoms with Crippen LogP contribution in [0.3, 0.4) is 0 Å². The Labute approximate surface area is 99.3 Å². The predicted octanol–water partition coefficient (Wildman–Crippen LogP) is 2.24. The second-order valence-corrected chi connectivity index (χ2v) is 3.49. The van der Waals surface area contributed by atoms with Gasteiger partial charge in [0.2, 0.25) is 0 Å². The van der Waals surface area contributed by atoms with E-state index >= 15 is 0 Å². The molecule has 0 unspecified atom stereocenters. The van der Waals surface area contributed by atoms with Gasteiger partial charge in [-0.1, -0.05) is 30.0 Å². The molecule has 0 aliphatic heterocycles. The summed E-state index contributed by atoms with van der Waals surface area (Å²) < 4.78 is 1.61. The molecule has 0 fully saturated rings. The lowest BCUT2D eigenvalue weighted by Gasteiger charge is -1.99. The highest BCUT2D eigenvalue weighted by atomic mass is 16.4. The molecule has 0 saturated heterocycles. The first kappa shape index (κ1) is 11.0. The van der Waals surface area contributed by atoms with E-state index in [1.54, 1.807) is 22.9 Å². The number of nitrogens with zero attached hydrogens (tertiary/aromatic N) is 1. The van der Waals surface area contributed by atoms with Crippen molar-refractivity contribution in [3.8, 4) is 11.8 Å². The third-order valence-electron chi connectivity index (χ3n) is 2.30. The van der Waals surface area contributed by atoms with Crippen LogP contribution in [-0.2, 0) is 6.54 Å². The van der Waals surface area contributed by atoms with Gasteiger partial charge in [-0.2, -0.15) is 0 Å². The second kappa shape index (κ2) is 5.04. The van der Waals surface area contributed by atoms with Crippen molar-refractivity contribution in [3.63, 3.8) is 0 Å². The minimum Gasteiger partial charge on any atom is -0.477 e. The van der Waals surface area contributed by atoms with E-state index in [0.29, 0.717) is 6.54 Å². The van der Waals surface area contributed by atoms with Crippen molar-refractivity contribution in [3.05, 3.63) is 59.9 Å². The third-order valence-corrected chi connectivity index (χ3v) is 2.30. The lowest BCUT2D eigenvalue weighted by molar-refractivity contribution is 0.0686. The first-order valence-electron chi connectivity index (χ1n) is 5.20. The van der Waals surface area contributed by atoms with Crippen LogP contribution in [0.2, 0.25) is 0 Å². The lowest BCUT2D eigenvalue weighted by atomic mass is 10.2. The van der Waals surface area contributed by atoms with E-state index in [2.05, 4.69) is 11.8 Å². The van der Waals surface area contributed by atoms with Gasteiger partial charge in [0.05, 0.1) is 6.54 Å². The quantitative estimate of drug-likeness (QED) is 0.796. The summed E-state index contributed by atoms with van der Waals surface area (Å²) in [5.41, 5.74) is 1.18. The van der Waals surface area contributed by atoms with Crippen LogP contribution in [0, 0.1) is 11.8 Å². The molecule has 0 atom stereocenters. The average molecular weight is 225 g/mol. The third kappa shape index (κ3) is 2.76. The molecular formula is C14H11NO2. The molecule has 0 aliphatic carbocycles. The topological polar surface area (TPSA) is 42.2 Å². The Morgan fingerprint density at radius 3 is 2.65 bits per heavy atom. The molecule has 17 heavy (non-hydrogen) atoms. The van der Waals surface area contributed by atoms with E-state index in [0.717, 1.165) is 5.56 Å². The summed E-state index contributed by atoms with van der Waals surface area (Å²) in [7, 11) is 0. The maximum absolute atomic E-state index is 10.8. The number of hydrogen-bond donors (Lipinski definition) is 1. The van der Waals surface area contributed by atoms with Gasteiger partial charge in [-0.05, 0) is 24.3 Å². The van der Waals surface area contributed by atoms with Crippen LogP contribution < -0.4 is 0 Å². The summed E-state index contributed by atoms with van der Waals surface area (Å²) in [6.45, 7) is 0.378. The van der Waals surface area contributed by atoms with Gasteiger partial charge >= 0.3 is 5.97 Å². The molecule has 2 aromatic rings. The minimum absolute atomic E-state index is 0.257. The van der Waals surface area contributed by atoms with Gasteiger partial charge in [0.1, 0.15) is 5.69 Å². The van der Waals surface area contributed by atoms with E-state index in [4.69, 9.17) is 5.11 Å². The van der Waals surface area contributed by atoms with Gasteiger partial charge in [-0.15, -0.1) is 0 Å². The summed E-state index contributed by atoms with van der Waals surface area (Å²) >= 11 is 0. The fourth-order valence-corrected chi connectivity index (χ4v) is 1.49. The van der Waals surface area contributed by atoms with Crippen molar-refractivity contribution in [1.82, 2.24) is 4.57 Å². The SMILES string of the molecule is O=C(O)c1cccn1CC#Cc1ccccc1. The Hall–Kier alpha value is -2.47. The maximum atomic E-state index is 10.8. The Bertz CT molecular complexity index is 573. The Balaban J connectivity index is 2.11. The van der Waals surface area contributed by atoms with E-state index in [1.807, 2.05) is 30.3 Å². The van der Waals surface area contributed by atoms with Crippen molar-refractivity contribution < 1.29 is 9.90 Å². The Morgan fingerprint density at radius 1 is 1.18 bits per heavy atom. The molecule has 0 amide bonds. The summed E-state index contributed by atoms with van der Waals surface area (Å²) in [6, 6.07) is 12.9. The molecule has 0 spiro atoms. The number of aromatic nitrogens is 1. The molecule has 1 aromatic heterocycles. The van der Waals surface area contributed by atoms with Gasteiger partial charge in [0, 0.05) is 11.8 Å². The van der Waals surface area contributed by atoms with Crippen molar-refractivity contribution in [2.24, 2.45) is 0 Å². The molecule has 3 heteroatoms. The Morgan fingerprint density at radius 2 is 1.94 bits per heavy atom. The summed E-state index contributed by atoms with van der Waals surface area (Å²) in [5, 5.41) is 8.90. The van der Waals surface area contributed by atoms with Gasteiger partial charge in [-0.25, -0.2) is 4.79 Å². The van der Waals surface area contributed by atoms with E-state index in [1.165, 1.54) is 0 Å². The summed E-state index contributed by atoms with van der Waals surface area (Å²) in [4.78, 5) is 10.8. The van der Waals surface area contributed by atoms with Crippen LogP contribution in [0.1, 0.15) is 16.1 Å². The van der Waals surface area contributed by atoms with E-state index in [9.17, 15) is 4.79 Å². The molecule has 0 radical (unpaired) electrons. The van der Waals surface area contributed by atoms with Crippen LogP contribution in [0.25, 0.3) is 0 Å². The molecule has 84 valence electrons. The standard InChI is InChI=1S/C14H11NO2/c16-14(17)13-9-5-11-15(13)10-4-8-12-6-2-1-3-7-12/h1-3,5-7,9,11H,10H2,(H,16,17). The number of aromatic carboxylic acids is 1. The average Bonchev–Trinajstić information content (AvgIpc) is 2.79. The maximum Gasteiger partial charge on any atom is 0.352 e. The first-order chi connectivity index (χ1) is 8.27. The zero-order valence-electron chi connectivity index (χ0n) is 9.13. The molecule has 1 N–H and O–H groups in total. The van der Waals surface area contributed by atoms with E-state index in [-0.39, 0.29) is 5.69 Å².